The monoisotopic (exact) mass is 163 g/mol. The van der Waals surface area contributed by atoms with Crippen LogP contribution in [0.4, 0.5) is 0 Å². The maximum absolute atomic E-state index is 5.59. The van der Waals surface area contributed by atoms with E-state index in [-0.39, 0.29) is 0 Å². The molecule has 0 N–H and O–H groups in total. The lowest BCUT2D eigenvalue weighted by Gasteiger charge is -2.18. The fourth-order valence-electron chi connectivity index (χ4n) is 1.85. The van der Waals surface area contributed by atoms with Gasteiger partial charge in [0.1, 0.15) is 11.5 Å². The van der Waals surface area contributed by atoms with Crippen LogP contribution < -0.4 is 0 Å². The number of rotatable bonds is 1. The highest BCUT2D eigenvalue weighted by Gasteiger charge is 2.18. The zero-order chi connectivity index (χ0) is 8.39. The van der Waals surface area contributed by atoms with Gasteiger partial charge in [0, 0.05) is 5.92 Å². The summed E-state index contributed by atoms with van der Waals surface area (Å²) in [6, 6.07) is 4.16. The van der Waals surface area contributed by atoms with Crippen molar-refractivity contribution in [3.8, 4) is 0 Å². The smallest absolute Gasteiger partial charge is 0.111 e. The van der Waals surface area contributed by atoms with Gasteiger partial charge in [-0.1, -0.05) is 19.3 Å². The van der Waals surface area contributed by atoms with Crippen molar-refractivity contribution >= 4 is 0 Å². The molecule has 1 aromatic heterocycles. The summed E-state index contributed by atoms with van der Waals surface area (Å²) in [6.07, 6.45) is 6.56. The second-order valence-electron chi connectivity index (χ2n) is 3.57. The van der Waals surface area contributed by atoms with Gasteiger partial charge in [-0.3, -0.25) is 0 Å². The maximum Gasteiger partial charge on any atom is 0.111 e. The van der Waals surface area contributed by atoms with Crippen molar-refractivity contribution in [2.24, 2.45) is 0 Å². The normalized spacial score (nSPS) is 19.8. The minimum absolute atomic E-state index is 1.03. The Morgan fingerprint density at radius 3 is 2.42 bits per heavy atom. The number of hydrogen-bond donors (Lipinski definition) is 0. The molecule has 65 valence electrons. The molecule has 0 aliphatic heterocycles. The minimum atomic E-state index is 1.03. The lowest BCUT2D eigenvalue weighted by atomic mass is 9.88. The largest absolute Gasteiger partial charge is 0.466 e. The standard InChI is InChI=1S/C11H15O/c1-9-7-8-11(12-9)10-5-3-2-4-6-10/h7-8H,2-6H2,1H3. The highest BCUT2D eigenvalue weighted by molar-refractivity contribution is 5.22. The zero-order valence-corrected chi connectivity index (χ0v) is 7.60. The molecule has 1 aliphatic carbocycles. The Balaban J connectivity index is 2.08. The first-order valence-electron chi connectivity index (χ1n) is 4.78. The van der Waals surface area contributed by atoms with Gasteiger partial charge in [-0.05, 0) is 31.9 Å². The molecule has 0 saturated heterocycles. The molecule has 0 spiro atoms. The van der Waals surface area contributed by atoms with Crippen LogP contribution in [-0.2, 0) is 0 Å². The van der Waals surface area contributed by atoms with E-state index in [1.165, 1.54) is 38.0 Å². The van der Waals surface area contributed by atoms with Crippen molar-refractivity contribution in [1.82, 2.24) is 0 Å². The number of furan rings is 1. The van der Waals surface area contributed by atoms with Gasteiger partial charge in [-0.15, -0.1) is 0 Å². The van der Waals surface area contributed by atoms with Crippen LogP contribution in [-0.4, -0.2) is 0 Å². The van der Waals surface area contributed by atoms with Gasteiger partial charge in [-0.25, -0.2) is 0 Å². The van der Waals surface area contributed by atoms with Gasteiger partial charge >= 0.3 is 0 Å². The molecule has 1 fully saturated rings. The van der Waals surface area contributed by atoms with Crippen molar-refractivity contribution in [3.05, 3.63) is 29.6 Å². The molecule has 0 atom stereocenters. The van der Waals surface area contributed by atoms with Crippen LogP contribution in [0.2, 0.25) is 0 Å². The second kappa shape index (κ2) is 3.34. The van der Waals surface area contributed by atoms with E-state index in [4.69, 9.17) is 4.42 Å². The molecule has 2 rings (SSSR count). The second-order valence-corrected chi connectivity index (χ2v) is 3.57. The van der Waals surface area contributed by atoms with Crippen molar-refractivity contribution in [2.45, 2.75) is 39.0 Å². The topological polar surface area (TPSA) is 13.1 Å². The lowest BCUT2D eigenvalue weighted by Crippen LogP contribution is -2.03. The minimum Gasteiger partial charge on any atom is -0.466 e. The van der Waals surface area contributed by atoms with Crippen LogP contribution in [0, 0.1) is 12.8 Å². The van der Waals surface area contributed by atoms with E-state index in [1.54, 1.807) is 0 Å². The Hall–Kier alpha value is -0.720. The zero-order valence-electron chi connectivity index (χ0n) is 7.60. The Bertz CT molecular complexity index is 243. The van der Waals surface area contributed by atoms with E-state index in [0.29, 0.717) is 0 Å². The van der Waals surface area contributed by atoms with E-state index in [2.05, 4.69) is 12.1 Å². The van der Waals surface area contributed by atoms with E-state index in [1.807, 2.05) is 6.92 Å². The van der Waals surface area contributed by atoms with E-state index in [9.17, 15) is 0 Å². The summed E-state index contributed by atoms with van der Waals surface area (Å²) in [4.78, 5) is 0. The van der Waals surface area contributed by atoms with Crippen molar-refractivity contribution in [2.75, 3.05) is 0 Å². The predicted octanol–water partition coefficient (Wildman–Crippen LogP) is 3.47. The molecule has 1 aliphatic rings. The molecular formula is C11H15O. The van der Waals surface area contributed by atoms with Crippen LogP contribution >= 0.6 is 0 Å². The molecule has 1 saturated carbocycles. The fraction of sp³-hybridized carbons (Fsp3) is 0.545. The first kappa shape index (κ1) is 7.90. The van der Waals surface area contributed by atoms with Crippen LogP contribution in [0.25, 0.3) is 0 Å². The van der Waals surface area contributed by atoms with Gasteiger partial charge in [0.2, 0.25) is 0 Å². The molecule has 0 amide bonds. The van der Waals surface area contributed by atoms with Crippen LogP contribution in [0.15, 0.2) is 16.5 Å². The van der Waals surface area contributed by atoms with Gasteiger partial charge in [0.25, 0.3) is 0 Å². The van der Waals surface area contributed by atoms with Gasteiger partial charge in [0.05, 0.1) is 0 Å². The average molecular weight is 163 g/mol. The van der Waals surface area contributed by atoms with E-state index >= 15 is 0 Å². The van der Waals surface area contributed by atoms with E-state index < -0.39 is 0 Å². The van der Waals surface area contributed by atoms with Gasteiger partial charge in [-0.2, -0.15) is 0 Å². The molecule has 0 bridgehead atoms. The third-order valence-electron chi connectivity index (χ3n) is 2.55. The van der Waals surface area contributed by atoms with Gasteiger partial charge < -0.3 is 4.42 Å². The Kier molecular flexibility index (Phi) is 2.20. The highest BCUT2D eigenvalue weighted by atomic mass is 16.3. The van der Waals surface area contributed by atoms with Gasteiger partial charge in [0.15, 0.2) is 0 Å². The molecule has 12 heavy (non-hydrogen) atoms. The third-order valence-corrected chi connectivity index (χ3v) is 2.55. The molecule has 0 unspecified atom stereocenters. The maximum atomic E-state index is 5.59. The molecule has 1 heterocycles. The fourth-order valence-corrected chi connectivity index (χ4v) is 1.85. The first-order chi connectivity index (χ1) is 5.86. The Morgan fingerprint density at radius 1 is 1.08 bits per heavy atom. The SMILES string of the molecule is Cc1ccc([C]2CCCCC2)o1. The third kappa shape index (κ3) is 1.55. The van der Waals surface area contributed by atoms with Crippen molar-refractivity contribution in [3.63, 3.8) is 0 Å². The molecule has 1 aromatic rings. The van der Waals surface area contributed by atoms with Crippen LogP contribution in [0.1, 0.15) is 43.6 Å². The quantitative estimate of drug-likeness (QED) is 0.617. The highest BCUT2D eigenvalue weighted by Crippen LogP contribution is 2.32. The number of aryl methyl sites for hydroxylation is 1. The Labute approximate surface area is 73.8 Å². The average Bonchev–Trinajstić information content (AvgIpc) is 2.54. The molecule has 1 radical (unpaired) electrons. The molecule has 1 nitrogen and oxygen atoms in total. The summed E-state index contributed by atoms with van der Waals surface area (Å²) in [6.45, 7) is 2.01. The van der Waals surface area contributed by atoms with Crippen molar-refractivity contribution in [1.29, 1.82) is 0 Å². The van der Waals surface area contributed by atoms with E-state index in [0.717, 1.165) is 11.5 Å². The van der Waals surface area contributed by atoms with Crippen LogP contribution in [0.5, 0.6) is 0 Å². The summed E-state index contributed by atoms with van der Waals surface area (Å²) >= 11 is 0. The summed E-state index contributed by atoms with van der Waals surface area (Å²) in [5.74, 6) is 3.68. The lowest BCUT2D eigenvalue weighted by molar-refractivity contribution is 0.450. The molecular weight excluding hydrogens is 148 g/mol. The number of hydrogen-bond acceptors (Lipinski definition) is 1. The molecule has 0 aromatic carbocycles. The first-order valence-corrected chi connectivity index (χ1v) is 4.78. The molecule has 1 heteroatoms. The Morgan fingerprint density at radius 2 is 1.83 bits per heavy atom. The summed E-state index contributed by atoms with van der Waals surface area (Å²) in [5.41, 5.74) is 0. The summed E-state index contributed by atoms with van der Waals surface area (Å²) in [5, 5.41) is 0. The van der Waals surface area contributed by atoms with Crippen molar-refractivity contribution < 1.29 is 4.42 Å². The predicted molar refractivity (Wildman–Crippen MR) is 48.9 cm³/mol. The summed E-state index contributed by atoms with van der Waals surface area (Å²) in [7, 11) is 0. The summed E-state index contributed by atoms with van der Waals surface area (Å²) < 4.78 is 5.59. The van der Waals surface area contributed by atoms with Crippen LogP contribution in [0.3, 0.4) is 0 Å².